The number of methoxy groups -OCH3 is 2. The normalized spacial score (nSPS) is 11.3. The molecule has 0 aromatic heterocycles. The minimum Gasteiger partial charge on any atom is -0.493 e. The van der Waals surface area contributed by atoms with E-state index in [0.717, 1.165) is 28.9 Å². The van der Waals surface area contributed by atoms with Crippen LogP contribution in [0.5, 0.6) is 11.5 Å². The van der Waals surface area contributed by atoms with Crippen molar-refractivity contribution < 1.29 is 14.0 Å². The van der Waals surface area contributed by atoms with Gasteiger partial charge in [-0.05, 0) is 17.7 Å². The Morgan fingerprint density at radius 1 is 1.00 bits per heavy atom. The number of nitrogens with zero attached hydrogens (tertiary/aromatic N) is 1. The Hall–Kier alpha value is -1.22. The molecule has 0 bridgehead atoms. The summed E-state index contributed by atoms with van der Waals surface area (Å²) in [6, 6.07) is 6.11. The monoisotopic (exact) mass is 224 g/mol. The topological polar surface area (TPSA) is 18.5 Å². The van der Waals surface area contributed by atoms with Gasteiger partial charge in [-0.15, -0.1) is 0 Å². The number of rotatable bonds is 5. The van der Waals surface area contributed by atoms with Gasteiger partial charge in [0.25, 0.3) is 0 Å². The average molecular weight is 224 g/mol. The van der Waals surface area contributed by atoms with E-state index in [4.69, 9.17) is 9.47 Å². The van der Waals surface area contributed by atoms with E-state index in [0.29, 0.717) is 0 Å². The lowest BCUT2D eigenvalue weighted by Crippen LogP contribution is -2.36. The van der Waals surface area contributed by atoms with Crippen molar-refractivity contribution in [2.75, 3.05) is 41.9 Å². The Morgan fingerprint density at radius 2 is 1.62 bits per heavy atom. The summed E-state index contributed by atoms with van der Waals surface area (Å²) in [6.07, 6.45) is 1.05. The van der Waals surface area contributed by atoms with Crippen molar-refractivity contribution in [2.45, 2.75) is 6.42 Å². The molecule has 0 fully saturated rings. The molecule has 0 radical (unpaired) electrons. The molecule has 0 saturated heterocycles. The summed E-state index contributed by atoms with van der Waals surface area (Å²) < 4.78 is 11.5. The Bertz CT molecular complexity index is 342. The lowest BCUT2D eigenvalue weighted by Gasteiger charge is -2.23. The van der Waals surface area contributed by atoms with Crippen LogP contribution in [0.2, 0.25) is 0 Å². The van der Waals surface area contributed by atoms with Crippen LogP contribution in [-0.2, 0) is 6.42 Å². The van der Waals surface area contributed by atoms with Gasteiger partial charge in [-0.1, -0.05) is 6.07 Å². The summed E-state index contributed by atoms with van der Waals surface area (Å²) in [5, 5.41) is 0. The molecule has 16 heavy (non-hydrogen) atoms. The number of hydrogen-bond acceptors (Lipinski definition) is 2. The summed E-state index contributed by atoms with van der Waals surface area (Å²) in [5.74, 6) is 1.60. The van der Waals surface area contributed by atoms with Gasteiger partial charge >= 0.3 is 0 Å². The van der Waals surface area contributed by atoms with E-state index in [1.807, 2.05) is 6.07 Å². The van der Waals surface area contributed by atoms with Gasteiger partial charge in [-0.25, -0.2) is 0 Å². The molecule has 0 aliphatic rings. The summed E-state index contributed by atoms with van der Waals surface area (Å²) in [7, 11) is 9.91. The van der Waals surface area contributed by atoms with E-state index in [1.54, 1.807) is 14.2 Å². The summed E-state index contributed by atoms with van der Waals surface area (Å²) in [5.41, 5.74) is 1.28. The van der Waals surface area contributed by atoms with Crippen LogP contribution in [0.3, 0.4) is 0 Å². The first kappa shape index (κ1) is 12.8. The van der Waals surface area contributed by atoms with Crippen molar-refractivity contribution in [3.05, 3.63) is 23.8 Å². The van der Waals surface area contributed by atoms with E-state index in [2.05, 4.69) is 33.3 Å². The van der Waals surface area contributed by atoms with Gasteiger partial charge in [0.05, 0.1) is 41.9 Å². The Labute approximate surface area is 98.2 Å². The molecule has 0 spiro atoms. The molecule has 0 aliphatic carbocycles. The maximum atomic E-state index is 5.28. The molecule has 1 rings (SSSR count). The number of benzene rings is 1. The third kappa shape index (κ3) is 3.74. The highest BCUT2D eigenvalue weighted by atomic mass is 16.5. The van der Waals surface area contributed by atoms with Crippen molar-refractivity contribution in [1.82, 2.24) is 0 Å². The van der Waals surface area contributed by atoms with Gasteiger partial charge in [0.15, 0.2) is 11.5 Å². The zero-order valence-electron chi connectivity index (χ0n) is 10.9. The highest BCUT2D eigenvalue weighted by molar-refractivity contribution is 5.42. The standard InChI is InChI=1S/C13H22NO2/c1-14(2,3)9-8-11-6-7-12(15-4)13(10-11)16-5/h6-7,10H,8-9H2,1-5H3/q+1. The molecule has 0 heterocycles. The zero-order valence-corrected chi connectivity index (χ0v) is 10.9. The highest BCUT2D eigenvalue weighted by Crippen LogP contribution is 2.27. The number of likely N-dealkylation sites (N-methyl/N-ethyl adjacent to an activating group) is 1. The molecule has 90 valence electrons. The zero-order chi connectivity index (χ0) is 12.2. The van der Waals surface area contributed by atoms with Crippen LogP contribution in [0.25, 0.3) is 0 Å². The van der Waals surface area contributed by atoms with Gasteiger partial charge in [-0.2, -0.15) is 0 Å². The number of quaternary nitrogens is 1. The highest BCUT2D eigenvalue weighted by Gasteiger charge is 2.09. The minimum atomic E-state index is 0.788. The van der Waals surface area contributed by atoms with Crippen molar-refractivity contribution >= 4 is 0 Å². The fourth-order valence-electron chi connectivity index (χ4n) is 1.50. The second-order valence-corrected chi connectivity index (χ2v) is 4.95. The lowest BCUT2D eigenvalue weighted by molar-refractivity contribution is -0.870. The summed E-state index contributed by atoms with van der Waals surface area (Å²) in [6.45, 7) is 1.11. The molecule has 0 N–H and O–H groups in total. The molecular formula is C13H22NO2+. The fourth-order valence-corrected chi connectivity index (χ4v) is 1.50. The van der Waals surface area contributed by atoms with Gasteiger partial charge in [0.1, 0.15) is 0 Å². The first-order valence-electron chi connectivity index (χ1n) is 5.47. The Kier molecular flexibility index (Phi) is 4.19. The molecule has 0 unspecified atom stereocenters. The summed E-state index contributed by atoms with van der Waals surface area (Å²) in [4.78, 5) is 0. The smallest absolute Gasteiger partial charge is 0.160 e. The van der Waals surface area contributed by atoms with Crippen LogP contribution in [0, 0.1) is 0 Å². The Morgan fingerprint density at radius 3 is 2.12 bits per heavy atom. The predicted molar refractivity (Wildman–Crippen MR) is 66.1 cm³/mol. The van der Waals surface area contributed by atoms with Crippen LogP contribution in [-0.4, -0.2) is 46.4 Å². The van der Waals surface area contributed by atoms with E-state index in [1.165, 1.54) is 5.56 Å². The largest absolute Gasteiger partial charge is 0.493 e. The molecule has 1 aromatic carbocycles. The van der Waals surface area contributed by atoms with Crippen molar-refractivity contribution in [1.29, 1.82) is 0 Å². The van der Waals surface area contributed by atoms with E-state index in [-0.39, 0.29) is 0 Å². The van der Waals surface area contributed by atoms with Crippen LogP contribution in [0.4, 0.5) is 0 Å². The lowest BCUT2D eigenvalue weighted by atomic mass is 10.1. The molecule has 0 saturated carbocycles. The SMILES string of the molecule is COc1ccc(CC[N+](C)(C)C)cc1OC. The van der Waals surface area contributed by atoms with Crippen molar-refractivity contribution in [3.63, 3.8) is 0 Å². The molecule has 0 amide bonds. The second-order valence-electron chi connectivity index (χ2n) is 4.95. The second kappa shape index (κ2) is 5.21. The van der Waals surface area contributed by atoms with Crippen molar-refractivity contribution in [2.24, 2.45) is 0 Å². The molecular weight excluding hydrogens is 202 g/mol. The van der Waals surface area contributed by atoms with Crippen LogP contribution in [0.15, 0.2) is 18.2 Å². The third-order valence-corrected chi connectivity index (χ3v) is 2.52. The third-order valence-electron chi connectivity index (χ3n) is 2.52. The van der Waals surface area contributed by atoms with E-state index in [9.17, 15) is 0 Å². The predicted octanol–water partition coefficient (Wildman–Crippen LogP) is 1.95. The van der Waals surface area contributed by atoms with Gasteiger partial charge < -0.3 is 14.0 Å². The van der Waals surface area contributed by atoms with Gasteiger partial charge in [0, 0.05) is 6.42 Å². The van der Waals surface area contributed by atoms with Crippen LogP contribution >= 0.6 is 0 Å². The maximum Gasteiger partial charge on any atom is 0.160 e. The minimum absolute atomic E-state index is 0.788. The number of hydrogen-bond donors (Lipinski definition) is 0. The fraction of sp³-hybridized carbons (Fsp3) is 0.538. The first-order valence-corrected chi connectivity index (χ1v) is 5.47. The van der Waals surface area contributed by atoms with Gasteiger partial charge in [0.2, 0.25) is 0 Å². The maximum absolute atomic E-state index is 5.28. The molecule has 3 heteroatoms. The number of ether oxygens (including phenoxy) is 2. The Balaban J connectivity index is 2.75. The van der Waals surface area contributed by atoms with Crippen molar-refractivity contribution in [3.8, 4) is 11.5 Å². The van der Waals surface area contributed by atoms with E-state index < -0.39 is 0 Å². The molecule has 0 aliphatic heterocycles. The van der Waals surface area contributed by atoms with Crippen LogP contribution in [0.1, 0.15) is 5.56 Å². The summed E-state index contributed by atoms with van der Waals surface area (Å²) >= 11 is 0. The first-order chi connectivity index (χ1) is 7.46. The quantitative estimate of drug-likeness (QED) is 0.712. The molecule has 0 atom stereocenters. The van der Waals surface area contributed by atoms with Gasteiger partial charge in [-0.3, -0.25) is 0 Å². The average Bonchev–Trinajstić information content (AvgIpc) is 2.25. The molecule has 1 aromatic rings. The molecule has 3 nitrogen and oxygen atoms in total. The van der Waals surface area contributed by atoms with Crippen LogP contribution < -0.4 is 9.47 Å². The van der Waals surface area contributed by atoms with E-state index >= 15 is 0 Å².